The van der Waals surface area contributed by atoms with Crippen LogP contribution < -0.4 is 10.6 Å². The summed E-state index contributed by atoms with van der Waals surface area (Å²) in [7, 11) is -2.81. The van der Waals surface area contributed by atoms with E-state index in [0.717, 1.165) is 18.2 Å². The van der Waals surface area contributed by atoms with Crippen LogP contribution in [0, 0.1) is 0 Å². The topological polar surface area (TPSA) is 84.0 Å². The summed E-state index contributed by atoms with van der Waals surface area (Å²) in [5.41, 5.74) is 0. The summed E-state index contributed by atoms with van der Waals surface area (Å²) in [6, 6.07) is 2.02. The second kappa shape index (κ2) is 5.51. The largest absolute Gasteiger partial charge is 0.370 e. The Kier molecular flexibility index (Phi) is 4.00. The fourth-order valence-electron chi connectivity index (χ4n) is 1.96. The molecular weight excluding hydrogens is 252 g/mol. The van der Waals surface area contributed by atoms with Crippen molar-refractivity contribution in [1.29, 1.82) is 0 Å². The Hall–Kier alpha value is -1.37. The van der Waals surface area contributed by atoms with Gasteiger partial charge in [-0.25, -0.2) is 18.4 Å². The molecule has 0 aromatic carbocycles. The molecule has 6 nitrogen and oxygen atoms in total. The zero-order valence-corrected chi connectivity index (χ0v) is 11.2. The Bertz CT molecular complexity index is 490. The van der Waals surface area contributed by atoms with E-state index in [1.165, 1.54) is 6.33 Å². The van der Waals surface area contributed by atoms with Crippen molar-refractivity contribution in [3.05, 3.63) is 12.4 Å². The standard InChI is InChI=1S/C11H18N4O2S/c1-2-12-10-7-11(14-8-13-10)15-9-3-5-18(16,17)6-4-9/h7-9H,2-6H2,1H3,(H2,12,13,14,15). The molecule has 2 rings (SSSR count). The number of nitrogens with zero attached hydrogens (tertiary/aromatic N) is 2. The van der Waals surface area contributed by atoms with Gasteiger partial charge in [0.25, 0.3) is 0 Å². The molecule has 18 heavy (non-hydrogen) atoms. The summed E-state index contributed by atoms with van der Waals surface area (Å²) in [6.45, 7) is 2.80. The summed E-state index contributed by atoms with van der Waals surface area (Å²) in [5, 5.41) is 6.37. The van der Waals surface area contributed by atoms with Crippen molar-refractivity contribution in [2.75, 3.05) is 28.7 Å². The molecule has 0 bridgehead atoms. The maximum absolute atomic E-state index is 11.3. The van der Waals surface area contributed by atoms with Gasteiger partial charge in [-0.3, -0.25) is 0 Å². The number of sulfone groups is 1. The molecule has 0 atom stereocenters. The van der Waals surface area contributed by atoms with Gasteiger partial charge in [-0.2, -0.15) is 0 Å². The van der Waals surface area contributed by atoms with Crippen molar-refractivity contribution in [1.82, 2.24) is 9.97 Å². The van der Waals surface area contributed by atoms with Gasteiger partial charge in [0, 0.05) is 18.7 Å². The first-order chi connectivity index (χ1) is 8.59. The van der Waals surface area contributed by atoms with Crippen molar-refractivity contribution in [2.24, 2.45) is 0 Å². The quantitative estimate of drug-likeness (QED) is 0.845. The average molecular weight is 270 g/mol. The van der Waals surface area contributed by atoms with Gasteiger partial charge >= 0.3 is 0 Å². The van der Waals surface area contributed by atoms with Gasteiger partial charge in [-0.1, -0.05) is 0 Å². The lowest BCUT2D eigenvalue weighted by Crippen LogP contribution is -2.32. The van der Waals surface area contributed by atoms with Gasteiger partial charge in [0.15, 0.2) is 0 Å². The van der Waals surface area contributed by atoms with E-state index in [1.54, 1.807) is 0 Å². The predicted molar refractivity (Wildman–Crippen MR) is 71.5 cm³/mol. The number of aromatic nitrogens is 2. The lowest BCUT2D eigenvalue weighted by Gasteiger charge is -2.23. The van der Waals surface area contributed by atoms with Crippen LogP contribution in [-0.2, 0) is 9.84 Å². The zero-order valence-electron chi connectivity index (χ0n) is 10.4. The van der Waals surface area contributed by atoms with E-state index in [4.69, 9.17) is 0 Å². The zero-order chi connectivity index (χ0) is 13.0. The highest BCUT2D eigenvalue weighted by molar-refractivity contribution is 7.91. The van der Waals surface area contributed by atoms with E-state index in [9.17, 15) is 8.42 Å². The highest BCUT2D eigenvalue weighted by Gasteiger charge is 2.23. The monoisotopic (exact) mass is 270 g/mol. The highest BCUT2D eigenvalue weighted by Crippen LogP contribution is 2.17. The van der Waals surface area contributed by atoms with Gasteiger partial charge in [-0.05, 0) is 19.8 Å². The minimum Gasteiger partial charge on any atom is -0.370 e. The van der Waals surface area contributed by atoms with Crippen LogP contribution in [0.5, 0.6) is 0 Å². The van der Waals surface area contributed by atoms with Crippen molar-refractivity contribution in [3.8, 4) is 0 Å². The molecule has 1 aliphatic heterocycles. The molecule has 1 aliphatic rings. The van der Waals surface area contributed by atoms with Crippen molar-refractivity contribution in [3.63, 3.8) is 0 Å². The van der Waals surface area contributed by atoms with Crippen LogP contribution in [0.4, 0.5) is 11.6 Å². The SMILES string of the molecule is CCNc1cc(NC2CCS(=O)(=O)CC2)ncn1. The van der Waals surface area contributed by atoms with E-state index in [2.05, 4.69) is 20.6 Å². The molecule has 0 aliphatic carbocycles. The third-order valence-electron chi connectivity index (χ3n) is 2.93. The first-order valence-electron chi connectivity index (χ1n) is 6.12. The smallest absolute Gasteiger partial charge is 0.150 e. The number of hydrogen-bond donors (Lipinski definition) is 2. The molecule has 2 heterocycles. The van der Waals surface area contributed by atoms with Crippen LogP contribution in [0.1, 0.15) is 19.8 Å². The molecule has 1 aromatic heterocycles. The summed E-state index contributed by atoms with van der Waals surface area (Å²) in [4.78, 5) is 8.23. The Labute approximate surface area is 107 Å². The highest BCUT2D eigenvalue weighted by atomic mass is 32.2. The Morgan fingerprint density at radius 1 is 1.28 bits per heavy atom. The molecule has 1 saturated heterocycles. The second-order valence-corrected chi connectivity index (χ2v) is 6.69. The third-order valence-corrected chi connectivity index (χ3v) is 4.65. The van der Waals surface area contributed by atoms with E-state index in [0.29, 0.717) is 12.8 Å². The van der Waals surface area contributed by atoms with Crippen LogP contribution in [0.25, 0.3) is 0 Å². The summed E-state index contributed by atoms with van der Waals surface area (Å²) < 4.78 is 22.6. The Morgan fingerprint density at radius 2 is 1.94 bits per heavy atom. The van der Waals surface area contributed by atoms with Gasteiger partial charge in [0.05, 0.1) is 11.5 Å². The molecular formula is C11H18N4O2S. The summed E-state index contributed by atoms with van der Waals surface area (Å²) in [6.07, 6.45) is 2.78. The van der Waals surface area contributed by atoms with E-state index >= 15 is 0 Å². The van der Waals surface area contributed by atoms with Gasteiger partial charge in [-0.15, -0.1) is 0 Å². The fourth-order valence-corrected chi connectivity index (χ4v) is 3.45. The molecule has 0 spiro atoms. The number of rotatable bonds is 4. The minimum absolute atomic E-state index is 0.179. The minimum atomic E-state index is -2.81. The van der Waals surface area contributed by atoms with Crippen LogP contribution in [-0.4, -0.2) is 42.5 Å². The molecule has 1 aromatic rings. The second-order valence-electron chi connectivity index (χ2n) is 4.39. The third kappa shape index (κ3) is 3.56. The first kappa shape index (κ1) is 13.1. The maximum atomic E-state index is 11.3. The lowest BCUT2D eigenvalue weighted by molar-refractivity contribution is 0.559. The number of anilines is 2. The molecule has 7 heteroatoms. The van der Waals surface area contributed by atoms with Crippen molar-refractivity contribution < 1.29 is 8.42 Å². The fraction of sp³-hybridized carbons (Fsp3) is 0.636. The van der Waals surface area contributed by atoms with E-state index < -0.39 is 9.84 Å². The summed E-state index contributed by atoms with van der Waals surface area (Å²) in [5.74, 6) is 2.04. The Morgan fingerprint density at radius 3 is 2.61 bits per heavy atom. The van der Waals surface area contributed by atoms with Crippen LogP contribution >= 0.6 is 0 Å². The molecule has 0 unspecified atom stereocenters. The van der Waals surface area contributed by atoms with E-state index in [-0.39, 0.29) is 17.5 Å². The van der Waals surface area contributed by atoms with E-state index in [1.807, 2.05) is 13.0 Å². The first-order valence-corrected chi connectivity index (χ1v) is 7.94. The molecule has 1 fully saturated rings. The molecule has 100 valence electrons. The molecule has 0 saturated carbocycles. The summed E-state index contributed by atoms with van der Waals surface area (Å²) >= 11 is 0. The Balaban J connectivity index is 1.95. The van der Waals surface area contributed by atoms with Gasteiger partial charge in [0.2, 0.25) is 0 Å². The van der Waals surface area contributed by atoms with Crippen molar-refractivity contribution in [2.45, 2.75) is 25.8 Å². The lowest BCUT2D eigenvalue weighted by atomic mass is 10.1. The normalized spacial score (nSPS) is 19.4. The van der Waals surface area contributed by atoms with Crippen LogP contribution in [0.15, 0.2) is 12.4 Å². The van der Waals surface area contributed by atoms with Gasteiger partial charge in [0.1, 0.15) is 27.8 Å². The molecule has 0 radical (unpaired) electrons. The maximum Gasteiger partial charge on any atom is 0.150 e. The molecule has 2 N–H and O–H groups in total. The van der Waals surface area contributed by atoms with Crippen LogP contribution in [0.2, 0.25) is 0 Å². The van der Waals surface area contributed by atoms with Crippen LogP contribution in [0.3, 0.4) is 0 Å². The predicted octanol–water partition coefficient (Wildman–Crippen LogP) is 0.897. The number of hydrogen-bond acceptors (Lipinski definition) is 6. The average Bonchev–Trinajstić information content (AvgIpc) is 2.33. The van der Waals surface area contributed by atoms with Gasteiger partial charge < -0.3 is 10.6 Å². The number of nitrogens with one attached hydrogen (secondary N) is 2. The van der Waals surface area contributed by atoms with Crippen molar-refractivity contribution >= 4 is 21.5 Å². The molecule has 0 amide bonds.